The zero-order valence-corrected chi connectivity index (χ0v) is 42.4. The van der Waals surface area contributed by atoms with Crippen LogP contribution in [0.1, 0.15) is 26.7 Å². The molecule has 3 aromatic heterocycles. The molecule has 0 aliphatic rings. The van der Waals surface area contributed by atoms with Gasteiger partial charge in [0.05, 0.1) is 68.2 Å². The van der Waals surface area contributed by atoms with Crippen molar-refractivity contribution in [2.75, 3.05) is 25.6 Å². The lowest BCUT2D eigenvalue weighted by molar-refractivity contribution is 0.0689. The summed E-state index contributed by atoms with van der Waals surface area (Å²) in [5.41, 5.74) is 4.79. The zero-order valence-electron chi connectivity index (χ0n) is 40.0. The van der Waals surface area contributed by atoms with E-state index in [9.17, 15) is 45.1 Å². The van der Waals surface area contributed by atoms with Gasteiger partial charge in [0.25, 0.3) is 15.9 Å². The molecule has 6 aromatic carbocycles. The second-order valence-corrected chi connectivity index (χ2v) is 21.5. The molecule has 7 N–H and O–H groups in total. The maximum absolute atomic E-state index is 13.8. The number of aromatic carboxylic acids is 1. The topological polar surface area (TPSA) is 311 Å². The summed E-state index contributed by atoms with van der Waals surface area (Å²) in [6.07, 6.45) is 0. The largest absolute Gasteiger partial charge is 0.497 e. The number of aromatic nitrogens is 6. The summed E-state index contributed by atoms with van der Waals surface area (Å²) < 4.78 is 98.2. The van der Waals surface area contributed by atoms with Crippen LogP contribution in [0.3, 0.4) is 0 Å². The highest BCUT2D eigenvalue weighted by Gasteiger charge is 2.22. The molecule has 22 nitrogen and oxygen atoms in total. The highest BCUT2D eigenvalue weighted by atomic mass is 32.2. The molecule has 9 rings (SSSR count). The summed E-state index contributed by atoms with van der Waals surface area (Å²) in [4.78, 5) is 24.3. The lowest BCUT2D eigenvalue weighted by Crippen LogP contribution is -2.27. The first kappa shape index (κ1) is 51.9. The number of hydrogen-bond donors (Lipinski definition) is 6. The Morgan fingerprint density at radius 1 is 0.579 bits per heavy atom. The number of ether oxygens (including phenoxy) is 2. The number of methoxy groups -OCH3 is 1. The molecule has 388 valence electrons. The highest BCUT2D eigenvalue weighted by molar-refractivity contribution is 7.92. The number of benzene rings is 6. The van der Waals surface area contributed by atoms with Crippen LogP contribution in [0.15, 0.2) is 178 Å². The second-order valence-electron chi connectivity index (χ2n) is 16.5. The molecule has 0 fully saturated rings. The lowest BCUT2D eigenvalue weighted by Gasteiger charge is -2.13. The minimum absolute atomic E-state index is 0.0683. The van der Waals surface area contributed by atoms with Crippen LogP contribution in [0.25, 0.3) is 50.8 Å². The number of nitrogens with two attached hydrogens (primary N) is 1. The molecule has 25 heteroatoms. The number of nitrogens with one attached hydrogen (secondary N) is 3. The fraction of sp³-hybridized carbons (Fsp3) is 0.0784. The van der Waals surface area contributed by atoms with Crippen LogP contribution >= 0.6 is 0 Å². The van der Waals surface area contributed by atoms with Crippen molar-refractivity contribution in [3.63, 3.8) is 0 Å². The number of hydrogen-bond acceptors (Lipinski definition) is 14. The van der Waals surface area contributed by atoms with E-state index < -0.39 is 55.3 Å². The maximum atomic E-state index is 13.8. The first-order valence-electron chi connectivity index (χ1n) is 22.5. The van der Waals surface area contributed by atoms with E-state index in [2.05, 4.69) is 30.1 Å². The number of amides is 1. The monoisotopic (exact) mass is 1080 g/mol. The molecule has 1 amide bonds. The van der Waals surface area contributed by atoms with Crippen molar-refractivity contribution >= 4 is 47.6 Å². The van der Waals surface area contributed by atoms with Gasteiger partial charge in [-0.05, 0) is 152 Å². The van der Waals surface area contributed by atoms with Crippen LogP contribution in [-0.2, 0) is 36.7 Å². The predicted octanol–water partition coefficient (Wildman–Crippen LogP) is 5.57. The van der Waals surface area contributed by atoms with Crippen molar-refractivity contribution < 1.29 is 54.5 Å². The van der Waals surface area contributed by atoms with Gasteiger partial charge in [-0.2, -0.15) is 20.0 Å². The molecule has 0 bridgehead atoms. The fourth-order valence-corrected chi connectivity index (χ4v) is 10.3. The van der Waals surface area contributed by atoms with Gasteiger partial charge in [0, 0.05) is 29.4 Å². The number of carbonyl (C=O) groups excluding carboxylic acids is 1. The molecule has 0 aliphatic carbocycles. The Morgan fingerprint density at radius 2 is 1.07 bits per heavy atom. The van der Waals surface area contributed by atoms with Crippen LogP contribution in [0.5, 0.6) is 11.5 Å². The molecule has 0 saturated heterocycles. The van der Waals surface area contributed by atoms with E-state index in [1.54, 1.807) is 84.9 Å². The number of carboxylic acid groups (broad SMARTS) is 1. The summed E-state index contributed by atoms with van der Waals surface area (Å²) >= 11 is 0. The van der Waals surface area contributed by atoms with E-state index in [1.807, 2.05) is 0 Å². The third kappa shape index (κ3) is 11.1. The van der Waals surface area contributed by atoms with Gasteiger partial charge in [0.15, 0.2) is 18.1 Å². The fourth-order valence-electron chi connectivity index (χ4n) is 7.84. The molecule has 0 saturated carbocycles. The van der Waals surface area contributed by atoms with Crippen molar-refractivity contribution in [2.45, 2.75) is 21.3 Å². The van der Waals surface area contributed by atoms with Gasteiger partial charge < -0.3 is 25.0 Å². The Balaban J connectivity index is 0.875. The molecule has 9 aromatic rings. The van der Waals surface area contributed by atoms with Gasteiger partial charge >= 0.3 is 5.97 Å². The van der Waals surface area contributed by atoms with Crippen molar-refractivity contribution in [3.8, 4) is 62.3 Å². The normalized spacial score (nSPS) is 11.8. The number of aliphatic hydroxyl groups excluding tert-OH is 1. The minimum Gasteiger partial charge on any atom is -0.497 e. The summed E-state index contributed by atoms with van der Waals surface area (Å²) in [7, 11) is -9.24. The van der Waals surface area contributed by atoms with Crippen LogP contribution in [0.4, 0.5) is 5.69 Å². The number of primary sulfonamides is 1. The van der Waals surface area contributed by atoms with Gasteiger partial charge in [-0.1, -0.05) is 12.1 Å². The Labute approximate surface area is 434 Å². The summed E-state index contributed by atoms with van der Waals surface area (Å²) in [6.45, 7) is -0.841. The number of nitrogens with zero attached hydrogens (tertiary/aromatic N) is 6. The third-order valence-electron chi connectivity index (χ3n) is 11.6. The third-order valence-corrected chi connectivity index (χ3v) is 15.4. The predicted molar refractivity (Wildman–Crippen MR) is 278 cm³/mol. The van der Waals surface area contributed by atoms with Crippen molar-refractivity contribution in [2.24, 2.45) is 5.14 Å². The van der Waals surface area contributed by atoms with Crippen LogP contribution < -0.4 is 29.4 Å². The summed E-state index contributed by atoms with van der Waals surface area (Å²) in [6, 6.07) is 41.7. The summed E-state index contributed by atoms with van der Waals surface area (Å²) in [5.74, 6) is -0.806. The first-order chi connectivity index (χ1) is 36.3. The minimum atomic E-state index is -4.18. The Kier molecular flexibility index (Phi) is 14.4. The molecule has 0 radical (unpaired) electrons. The number of carbonyl (C=O) groups is 2. The molecule has 0 spiro atoms. The second kappa shape index (κ2) is 21.1. The van der Waals surface area contributed by atoms with E-state index in [0.29, 0.717) is 68.0 Å². The van der Waals surface area contributed by atoms with Crippen molar-refractivity contribution in [3.05, 3.63) is 181 Å². The lowest BCUT2D eigenvalue weighted by atomic mass is 10.1. The van der Waals surface area contributed by atoms with Gasteiger partial charge in [0.1, 0.15) is 11.5 Å². The highest BCUT2D eigenvalue weighted by Crippen LogP contribution is 2.31. The molecule has 3 heterocycles. The van der Waals surface area contributed by atoms with Crippen LogP contribution in [-0.4, -0.2) is 97.6 Å². The van der Waals surface area contributed by atoms with E-state index in [4.69, 9.17) is 14.6 Å². The van der Waals surface area contributed by atoms with E-state index in [1.165, 1.54) is 107 Å². The number of aliphatic hydroxyl groups is 1. The number of rotatable bonds is 19. The van der Waals surface area contributed by atoms with Gasteiger partial charge in [-0.15, -0.1) is 0 Å². The van der Waals surface area contributed by atoms with E-state index in [0.717, 1.165) is 0 Å². The molecular weight excluding hydrogens is 1040 g/mol. The number of sulfonamides is 3. The molecular formula is C51H44N10O12S3. The van der Waals surface area contributed by atoms with Gasteiger partial charge in [-0.25, -0.2) is 49.2 Å². The SMILES string of the molecule is CNC(=O)c1cc(-c2ccc(OCNS(=O)(=O)c3ccc(-n4nc(C(=O)O)cc4-c4ccc(OC)cc4)cc3)cc2)n(-c2ccc(S(=O)(=O)Nc3cccc(-c4cc(CO)nn4-c4ccc(S(N)(=O)=O)cc4)c3)cc2)n1. The number of carboxylic acids is 1. The average Bonchev–Trinajstić information content (AvgIpc) is 4.20. The molecule has 0 atom stereocenters. The summed E-state index contributed by atoms with van der Waals surface area (Å²) in [5, 5.41) is 40.5. The Morgan fingerprint density at radius 3 is 1.58 bits per heavy atom. The maximum Gasteiger partial charge on any atom is 0.356 e. The standard InChI is InChI=1S/C51H44N10O12S3/c1-53-50(63)45-28-48(33-8-18-41(19-9-33)73-31-54-75(68,69)43-22-12-39(13-23-43)61-49(29-46(57-61)51(64)65)32-6-16-40(72-2)17-7-32)60(56-45)38-14-24-44(25-15-38)76(70,71)58-35-5-3-4-34(26-35)47-27-36(30-62)55-59(47)37-10-20-42(21-11-37)74(52,66)67/h3-29,54,58,62H,30-31H2,1-2H3,(H,53,63)(H,64,65)(H2,52,66,67). The zero-order chi connectivity index (χ0) is 53.9. The average molecular weight is 1090 g/mol. The quantitative estimate of drug-likeness (QED) is 0.0540. The molecule has 76 heavy (non-hydrogen) atoms. The molecule has 0 unspecified atom stereocenters. The van der Waals surface area contributed by atoms with Crippen LogP contribution in [0.2, 0.25) is 0 Å². The molecule has 0 aliphatic heterocycles. The van der Waals surface area contributed by atoms with Gasteiger partial charge in [-0.3, -0.25) is 9.52 Å². The van der Waals surface area contributed by atoms with E-state index >= 15 is 0 Å². The smallest absolute Gasteiger partial charge is 0.356 e. The Hall–Kier alpha value is -8.98. The van der Waals surface area contributed by atoms with Gasteiger partial charge in [0.2, 0.25) is 20.0 Å². The van der Waals surface area contributed by atoms with Crippen molar-refractivity contribution in [1.82, 2.24) is 39.4 Å². The number of anilines is 1. The van der Waals surface area contributed by atoms with E-state index in [-0.39, 0.29) is 31.8 Å². The van der Waals surface area contributed by atoms with Crippen molar-refractivity contribution in [1.29, 1.82) is 0 Å². The first-order valence-corrected chi connectivity index (χ1v) is 27.1. The van der Waals surface area contributed by atoms with Crippen LogP contribution in [0, 0.1) is 0 Å². The Bertz CT molecular complexity index is 3980.